The molecule has 96 valence electrons. The molecule has 0 saturated carbocycles. The molecule has 0 aliphatic heterocycles. The van der Waals surface area contributed by atoms with Gasteiger partial charge >= 0.3 is 6.03 Å². The first kappa shape index (κ1) is 14.0. The van der Waals surface area contributed by atoms with Crippen molar-refractivity contribution in [1.29, 1.82) is 5.26 Å². The highest BCUT2D eigenvalue weighted by molar-refractivity contribution is 5.71. The van der Waals surface area contributed by atoms with Gasteiger partial charge in [0.1, 0.15) is 0 Å². The molecule has 0 heterocycles. The summed E-state index contributed by atoms with van der Waals surface area (Å²) in [6, 6.07) is 8.90. The van der Waals surface area contributed by atoms with Crippen LogP contribution in [0.2, 0.25) is 0 Å². The second-order valence-corrected chi connectivity index (χ2v) is 3.96. The first-order valence-corrected chi connectivity index (χ1v) is 5.81. The number of carbonyl (C=O) groups excluding carboxylic acids is 1. The Bertz CT molecular complexity index is 423. The molecule has 2 amide bonds. The van der Waals surface area contributed by atoms with E-state index in [0.717, 1.165) is 18.4 Å². The molecule has 1 aromatic rings. The maximum Gasteiger partial charge on any atom is 0.314 e. The highest BCUT2D eigenvalue weighted by Crippen LogP contribution is 2.06. The van der Waals surface area contributed by atoms with Crippen LogP contribution in [-0.4, -0.2) is 35.7 Å². The summed E-state index contributed by atoms with van der Waals surface area (Å²) in [6.45, 7) is 0.707. The molecule has 0 fully saturated rings. The summed E-state index contributed by atoms with van der Waals surface area (Å²) < 4.78 is 0. The van der Waals surface area contributed by atoms with E-state index in [0.29, 0.717) is 12.1 Å². The Morgan fingerprint density at radius 2 is 2.00 bits per heavy atom. The molecule has 3 N–H and O–H groups in total. The highest BCUT2D eigenvalue weighted by atomic mass is 16.3. The number of hydrogen-bond donors (Lipinski definition) is 2. The normalized spacial score (nSPS) is 9.78. The van der Waals surface area contributed by atoms with Crippen LogP contribution in [-0.2, 0) is 6.42 Å². The van der Waals surface area contributed by atoms with Crippen LogP contribution in [0.15, 0.2) is 24.3 Å². The topological polar surface area (TPSA) is 90.3 Å². The molecular weight excluding hydrogens is 230 g/mol. The Labute approximate surface area is 106 Å². The van der Waals surface area contributed by atoms with Crippen LogP contribution in [0.3, 0.4) is 0 Å². The average Bonchev–Trinajstić information content (AvgIpc) is 2.38. The van der Waals surface area contributed by atoms with Crippen LogP contribution < -0.4 is 5.73 Å². The van der Waals surface area contributed by atoms with Gasteiger partial charge in [0.05, 0.1) is 18.2 Å². The van der Waals surface area contributed by atoms with E-state index in [1.165, 1.54) is 4.90 Å². The van der Waals surface area contributed by atoms with Crippen molar-refractivity contribution >= 4 is 6.03 Å². The predicted octanol–water partition coefficient (Wildman–Crippen LogP) is 0.864. The summed E-state index contributed by atoms with van der Waals surface area (Å²) in [5.74, 6) is 0. The number of amides is 2. The first-order valence-electron chi connectivity index (χ1n) is 5.81. The van der Waals surface area contributed by atoms with Crippen LogP contribution in [0.1, 0.15) is 17.5 Å². The molecule has 0 aliphatic carbocycles. The largest absolute Gasteiger partial charge is 0.395 e. The lowest BCUT2D eigenvalue weighted by atomic mass is 10.1. The van der Waals surface area contributed by atoms with Crippen molar-refractivity contribution in [2.45, 2.75) is 12.8 Å². The number of nitriles is 1. The summed E-state index contributed by atoms with van der Waals surface area (Å²) >= 11 is 0. The minimum Gasteiger partial charge on any atom is -0.395 e. The van der Waals surface area contributed by atoms with Gasteiger partial charge in [-0.1, -0.05) is 12.1 Å². The third-order valence-electron chi connectivity index (χ3n) is 2.66. The van der Waals surface area contributed by atoms with Crippen LogP contribution in [0.4, 0.5) is 4.79 Å². The van der Waals surface area contributed by atoms with Gasteiger partial charge in [0, 0.05) is 13.1 Å². The number of hydrogen-bond acceptors (Lipinski definition) is 3. The molecule has 1 aromatic carbocycles. The number of nitrogens with two attached hydrogens (primary N) is 1. The zero-order chi connectivity index (χ0) is 13.4. The summed E-state index contributed by atoms with van der Waals surface area (Å²) in [7, 11) is 0. The Hall–Kier alpha value is -2.06. The highest BCUT2D eigenvalue weighted by Gasteiger charge is 2.07. The molecule has 1 rings (SSSR count). The molecule has 0 bridgehead atoms. The zero-order valence-electron chi connectivity index (χ0n) is 10.2. The average molecular weight is 247 g/mol. The van der Waals surface area contributed by atoms with Crippen molar-refractivity contribution < 1.29 is 9.90 Å². The van der Waals surface area contributed by atoms with Gasteiger partial charge in [-0.2, -0.15) is 5.26 Å². The van der Waals surface area contributed by atoms with Gasteiger partial charge < -0.3 is 15.7 Å². The Balaban J connectivity index is 2.40. The van der Waals surface area contributed by atoms with Crippen molar-refractivity contribution in [3.05, 3.63) is 35.4 Å². The minimum atomic E-state index is -0.510. The van der Waals surface area contributed by atoms with Gasteiger partial charge in [0.15, 0.2) is 0 Å². The number of primary amides is 1. The van der Waals surface area contributed by atoms with Gasteiger partial charge in [-0.05, 0) is 30.5 Å². The van der Waals surface area contributed by atoms with Crippen LogP contribution >= 0.6 is 0 Å². The number of rotatable bonds is 6. The van der Waals surface area contributed by atoms with Gasteiger partial charge in [0.2, 0.25) is 0 Å². The van der Waals surface area contributed by atoms with E-state index in [4.69, 9.17) is 16.1 Å². The van der Waals surface area contributed by atoms with Crippen LogP contribution in [0.25, 0.3) is 0 Å². The molecule has 0 saturated heterocycles. The van der Waals surface area contributed by atoms with E-state index in [-0.39, 0.29) is 13.2 Å². The van der Waals surface area contributed by atoms with Crippen molar-refractivity contribution in [2.24, 2.45) is 5.73 Å². The number of nitrogens with zero attached hydrogens (tertiary/aromatic N) is 2. The number of carbonyl (C=O) groups is 1. The third kappa shape index (κ3) is 4.44. The third-order valence-corrected chi connectivity index (χ3v) is 2.66. The summed E-state index contributed by atoms with van der Waals surface area (Å²) in [5, 5.41) is 17.4. The molecule has 0 spiro atoms. The smallest absolute Gasteiger partial charge is 0.314 e. The lowest BCUT2D eigenvalue weighted by molar-refractivity contribution is 0.184. The number of benzene rings is 1. The molecule has 0 aromatic heterocycles. The second kappa shape index (κ2) is 7.30. The fourth-order valence-electron chi connectivity index (χ4n) is 1.67. The quantitative estimate of drug-likeness (QED) is 0.781. The maximum atomic E-state index is 11.0. The number of aliphatic hydroxyl groups excluding tert-OH is 1. The zero-order valence-corrected chi connectivity index (χ0v) is 10.2. The molecule has 0 radical (unpaired) electrons. The van der Waals surface area contributed by atoms with Gasteiger partial charge in [-0.3, -0.25) is 0 Å². The van der Waals surface area contributed by atoms with Crippen LogP contribution in [0, 0.1) is 11.3 Å². The molecule has 5 nitrogen and oxygen atoms in total. The van der Waals surface area contributed by atoms with Gasteiger partial charge in [-0.15, -0.1) is 0 Å². The number of urea groups is 1. The predicted molar refractivity (Wildman–Crippen MR) is 67.7 cm³/mol. The van der Waals surface area contributed by atoms with Crippen LogP contribution in [0.5, 0.6) is 0 Å². The van der Waals surface area contributed by atoms with E-state index in [1.807, 2.05) is 12.1 Å². The molecule has 5 heteroatoms. The summed E-state index contributed by atoms with van der Waals surface area (Å²) in [6.07, 6.45) is 1.58. The standard InChI is InChI=1S/C13H17N3O2/c14-10-12-5-3-11(4-6-12)2-1-7-16(8-9-17)13(15)18/h3-6,17H,1-2,7-9H2,(H2,15,18). The fraction of sp³-hybridized carbons (Fsp3) is 0.385. The lowest BCUT2D eigenvalue weighted by Crippen LogP contribution is -2.38. The second-order valence-electron chi connectivity index (χ2n) is 3.96. The molecule has 0 aliphatic rings. The molecular formula is C13H17N3O2. The van der Waals surface area contributed by atoms with Crippen molar-refractivity contribution in [1.82, 2.24) is 4.90 Å². The van der Waals surface area contributed by atoms with Crippen molar-refractivity contribution in [3.63, 3.8) is 0 Å². The number of aryl methyl sites for hydroxylation is 1. The lowest BCUT2D eigenvalue weighted by Gasteiger charge is -2.18. The molecule has 0 unspecified atom stereocenters. The van der Waals surface area contributed by atoms with E-state index in [2.05, 4.69) is 6.07 Å². The Morgan fingerprint density at radius 3 is 2.50 bits per heavy atom. The maximum absolute atomic E-state index is 11.0. The molecule has 18 heavy (non-hydrogen) atoms. The summed E-state index contributed by atoms with van der Waals surface area (Å²) in [4.78, 5) is 12.4. The first-order chi connectivity index (χ1) is 8.67. The van der Waals surface area contributed by atoms with E-state index in [1.54, 1.807) is 12.1 Å². The molecule has 0 atom stereocenters. The van der Waals surface area contributed by atoms with Crippen molar-refractivity contribution in [2.75, 3.05) is 19.7 Å². The Morgan fingerprint density at radius 1 is 1.33 bits per heavy atom. The van der Waals surface area contributed by atoms with Gasteiger partial charge in [0.25, 0.3) is 0 Å². The Kier molecular flexibility index (Phi) is 5.68. The monoisotopic (exact) mass is 247 g/mol. The SMILES string of the molecule is N#Cc1ccc(CCCN(CCO)C(N)=O)cc1. The fourth-order valence-corrected chi connectivity index (χ4v) is 1.67. The number of aliphatic hydroxyl groups is 1. The van der Waals surface area contributed by atoms with E-state index < -0.39 is 6.03 Å². The minimum absolute atomic E-state index is 0.0835. The van der Waals surface area contributed by atoms with E-state index >= 15 is 0 Å². The van der Waals surface area contributed by atoms with Gasteiger partial charge in [-0.25, -0.2) is 4.79 Å². The van der Waals surface area contributed by atoms with E-state index in [9.17, 15) is 4.79 Å². The summed E-state index contributed by atoms with van der Waals surface area (Å²) in [5.41, 5.74) is 6.93. The van der Waals surface area contributed by atoms with Crippen molar-refractivity contribution in [3.8, 4) is 6.07 Å².